The molecule has 0 spiro atoms. The highest BCUT2D eigenvalue weighted by Crippen LogP contribution is 2.13. The van der Waals surface area contributed by atoms with Gasteiger partial charge in [-0.25, -0.2) is 4.79 Å². The van der Waals surface area contributed by atoms with Crippen LogP contribution in [0.3, 0.4) is 0 Å². The SMILES string of the molecule is Brc1ccccc1.O=C(O)C(F)(F)F. The molecule has 0 heterocycles. The van der Waals surface area contributed by atoms with Crippen LogP contribution < -0.4 is 0 Å². The van der Waals surface area contributed by atoms with Crippen LogP contribution in [0.1, 0.15) is 0 Å². The molecule has 1 rings (SSSR count). The van der Waals surface area contributed by atoms with Crippen LogP contribution in [-0.4, -0.2) is 17.3 Å². The van der Waals surface area contributed by atoms with E-state index in [1.807, 2.05) is 30.3 Å². The summed E-state index contributed by atoms with van der Waals surface area (Å²) in [5, 5.41) is 7.12. The number of alkyl halides is 3. The summed E-state index contributed by atoms with van der Waals surface area (Å²) < 4.78 is 32.9. The lowest BCUT2D eigenvalue weighted by Gasteiger charge is -1.93. The van der Waals surface area contributed by atoms with Gasteiger partial charge < -0.3 is 5.11 Å². The molecule has 0 aliphatic carbocycles. The number of carboxylic acid groups (broad SMARTS) is 1. The fraction of sp³-hybridized carbons (Fsp3) is 0.125. The van der Waals surface area contributed by atoms with Gasteiger partial charge in [-0.2, -0.15) is 13.2 Å². The van der Waals surface area contributed by atoms with Gasteiger partial charge in [0, 0.05) is 4.47 Å². The standard InChI is InChI=1S/C6H5Br.C2HF3O2/c7-6-4-2-1-3-5-6;3-2(4,5)1(6)7/h1-5H;(H,6,7). The molecular formula is C8H6BrF3O2. The van der Waals surface area contributed by atoms with Gasteiger partial charge in [0.1, 0.15) is 0 Å². The molecule has 0 aromatic heterocycles. The largest absolute Gasteiger partial charge is 0.490 e. The molecule has 0 amide bonds. The fourth-order valence-electron chi connectivity index (χ4n) is 0.415. The Bertz CT molecular complexity index is 284. The zero-order chi connectivity index (χ0) is 11.2. The number of rotatable bonds is 0. The van der Waals surface area contributed by atoms with Crippen molar-refractivity contribution >= 4 is 21.9 Å². The van der Waals surface area contributed by atoms with E-state index in [0.717, 1.165) is 4.47 Å². The van der Waals surface area contributed by atoms with Crippen molar-refractivity contribution in [3.05, 3.63) is 34.8 Å². The highest BCUT2D eigenvalue weighted by molar-refractivity contribution is 9.10. The number of carbonyl (C=O) groups is 1. The van der Waals surface area contributed by atoms with Crippen LogP contribution in [-0.2, 0) is 4.79 Å². The van der Waals surface area contributed by atoms with Gasteiger partial charge in [-0.3, -0.25) is 0 Å². The first-order valence-electron chi connectivity index (χ1n) is 3.34. The monoisotopic (exact) mass is 270 g/mol. The summed E-state index contributed by atoms with van der Waals surface area (Å²) >= 11 is 3.31. The summed E-state index contributed by atoms with van der Waals surface area (Å²) in [6.45, 7) is 0. The quantitative estimate of drug-likeness (QED) is 0.787. The van der Waals surface area contributed by atoms with Crippen molar-refractivity contribution in [2.75, 3.05) is 0 Å². The number of aliphatic carboxylic acids is 1. The number of halogens is 4. The van der Waals surface area contributed by atoms with Crippen LogP contribution in [0.5, 0.6) is 0 Å². The molecule has 0 aliphatic rings. The first-order valence-corrected chi connectivity index (χ1v) is 4.14. The van der Waals surface area contributed by atoms with Crippen molar-refractivity contribution in [1.82, 2.24) is 0 Å². The van der Waals surface area contributed by atoms with E-state index in [1.165, 1.54) is 0 Å². The second kappa shape index (κ2) is 5.64. The van der Waals surface area contributed by atoms with E-state index in [-0.39, 0.29) is 0 Å². The summed E-state index contributed by atoms with van der Waals surface area (Å²) in [6, 6.07) is 9.97. The Labute approximate surface area is 86.5 Å². The van der Waals surface area contributed by atoms with E-state index in [2.05, 4.69) is 15.9 Å². The number of hydrogen-bond donors (Lipinski definition) is 1. The lowest BCUT2D eigenvalue weighted by molar-refractivity contribution is -0.192. The van der Waals surface area contributed by atoms with E-state index in [0.29, 0.717) is 0 Å². The van der Waals surface area contributed by atoms with Gasteiger partial charge in [-0.05, 0) is 12.1 Å². The highest BCUT2D eigenvalue weighted by atomic mass is 79.9. The van der Waals surface area contributed by atoms with Gasteiger partial charge in [-0.15, -0.1) is 0 Å². The molecule has 0 bridgehead atoms. The maximum absolute atomic E-state index is 10.6. The predicted molar refractivity (Wildman–Crippen MR) is 47.8 cm³/mol. The topological polar surface area (TPSA) is 37.3 Å². The lowest BCUT2D eigenvalue weighted by Crippen LogP contribution is -2.21. The van der Waals surface area contributed by atoms with Gasteiger partial charge in [0.15, 0.2) is 0 Å². The normalized spacial score (nSPS) is 10.0. The second-order valence-corrected chi connectivity index (χ2v) is 3.01. The molecule has 14 heavy (non-hydrogen) atoms. The highest BCUT2D eigenvalue weighted by Gasteiger charge is 2.38. The van der Waals surface area contributed by atoms with E-state index < -0.39 is 12.1 Å². The van der Waals surface area contributed by atoms with Crippen molar-refractivity contribution in [1.29, 1.82) is 0 Å². The third-order valence-corrected chi connectivity index (χ3v) is 1.50. The summed E-state index contributed by atoms with van der Waals surface area (Å²) in [5.41, 5.74) is 0. The molecule has 0 saturated heterocycles. The van der Waals surface area contributed by atoms with Crippen LogP contribution in [0.25, 0.3) is 0 Å². The number of hydrogen-bond acceptors (Lipinski definition) is 1. The van der Waals surface area contributed by atoms with E-state index in [9.17, 15) is 13.2 Å². The molecule has 1 aromatic rings. The first-order chi connectivity index (χ1) is 6.34. The molecule has 1 N–H and O–H groups in total. The molecule has 0 aliphatic heterocycles. The molecule has 0 unspecified atom stereocenters. The molecule has 0 atom stereocenters. The molecule has 0 radical (unpaired) electrons. The Morgan fingerprint density at radius 3 is 1.71 bits per heavy atom. The van der Waals surface area contributed by atoms with Crippen LogP contribution in [0, 0.1) is 0 Å². The molecule has 1 aromatic carbocycles. The predicted octanol–water partition coefficient (Wildman–Crippen LogP) is 3.08. The van der Waals surface area contributed by atoms with Gasteiger partial charge in [0.05, 0.1) is 0 Å². The maximum Gasteiger partial charge on any atom is 0.490 e. The first kappa shape index (κ1) is 13.0. The maximum atomic E-state index is 10.6. The Kier molecular flexibility index (Phi) is 5.22. The number of benzene rings is 1. The third kappa shape index (κ3) is 6.47. The van der Waals surface area contributed by atoms with Gasteiger partial charge in [0.2, 0.25) is 0 Å². The molecular weight excluding hydrogens is 265 g/mol. The van der Waals surface area contributed by atoms with Crippen molar-refractivity contribution in [2.24, 2.45) is 0 Å². The van der Waals surface area contributed by atoms with Crippen LogP contribution in [0.2, 0.25) is 0 Å². The smallest absolute Gasteiger partial charge is 0.475 e. The van der Waals surface area contributed by atoms with Crippen LogP contribution in [0.4, 0.5) is 13.2 Å². The summed E-state index contributed by atoms with van der Waals surface area (Å²) in [5.74, 6) is -2.76. The average molecular weight is 271 g/mol. The van der Waals surface area contributed by atoms with Gasteiger partial charge in [-0.1, -0.05) is 34.1 Å². The Hall–Kier alpha value is -1.04. The van der Waals surface area contributed by atoms with Crippen LogP contribution >= 0.6 is 15.9 Å². The van der Waals surface area contributed by atoms with Crippen molar-refractivity contribution in [2.45, 2.75) is 6.18 Å². The minimum Gasteiger partial charge on any atom is -0.475 e. The average Bonchev–Trinajstić information content (AvgIpc) is 2.04. The number of carboxylic acids is 1. The van der Waals surface area contributed by atoms with E-state index in [4.69, 9.17) is 9.90 Å². The molecule has 78 valence electrons. The van der Waals surface area contributed by atoms with Gasteiger partial charge >= 0.3 is 12.1 Å². The van der Waals surface area contributed by atoms with Crippen molar-refractivity contribution in [3.63, 3.8) is 0 Å². The minimum atomic E-state index is -5.08. The minimum absolute atomic E-state index is 1.13. The fourth-order valence-corrected chi connectivity index (χ4v) is 0.720. The van der Waals surface area contributed by atoms with Crippen molar-refractivity contribution in [3.8, 4) is 0 Å². The zero-order valence-corrected chi connectivity index (χ0v) is 8.34. The van der Waals surface area contributed by atoms with Crippen LogP contribution in [0.15, 0.2) is 34.8 Å². The molecule has 6 heteroatoms. The Balaban J connectivity index is 0.000000241. The lowest BCUT2D eigenvalue weighted by atomic mass is 10.4. The molecule has 2 nitrogen and oxygen atoms in total. The summed E-state index contributed by atoms with van der Waals surface area (Å²) in [7, 11) is 0. The Morgan fingerprint density at radius 1 is 1.21 bits per heavy atom. The van der Waals surface area contributed by atoms with E-state index in [1.54, 1.807) is 0 Å². The summed E-state index contributed by atoms with van der Waals surface area (Å²) in [4.78, 5) is 8.90. The van der Waals surface area contributed by atoms with Crippen molar-refractivity contribution < 1.29 is 23.1 Å². The molecule has 0 fully saturated rings. The van der Waals surface area contributed by atoms with E-state index >= 15 is 0 Å². The summed E-state index contributed by atoms with van der Waals surface area (Å²) in [6.07, 6.45) is -5.08. The Morgan fingerprint density at radius 2 is 1.57 bits per heavy atom. The third-order valence-electron chi connectivity index (χ3n) is 0.976. The van der Waals surface area contributed by atoms with Gasteiger partial charge in [0.25, 0.3) is 0 Å². The molecule has 0 saturated carbocycles. The zero-order valence-electron chi connectivity index (χ0n) is 6.75. The second-order valence-electron chi connectivity index (χ2n) is 2.10.